The summed E-state index contributed by atoms with van der Waals surface area (Å²) in [5.74, 6) is 0.921. The fourth-order valence-electron chi connectivity index (χ4n) is 2.58. The zero-order chi connectivity index (χ0) is 13.8. The SMILES string of the molecule is COc1ccc(N2CCN(Cc3cccs3)CC2)cc1. The van der Waals surface area contributed by atoms with Crippen molar-refractivity contribution in [3.8, 4) is 5.75 Å². The smallest absolute Gasteiger partial charge is 0.119 e. The lowest BCUT2D eigenvalue weighted by Crippen LogP contribution is -2.45. The van der Waals surface area contributed by atoms with Crippen LogP contribution in [-0.2, 0) is 6.54 Å². The molecule has 2 heterocycles. The van der Waals surface area contributed by atoms with Crippen LogP contribution in [0.4, 0.5) is 5.69 Å². The van der Waals surface area contributed by atoms with Crippen molar-refractivity contribution in [3.05, 3.63) is 46.7 Å². The summed E-state index contributed by atoms with van der Waals surface area (Å²) in [6, 6.07) is 12.7. The van der Waals surface area contributed by atoms with Crippen LogP contribution in [0.1, 0.15) is 4.88 Å². The predicted octanol–water partition coefficient (Wildman–Crippen LogP) is 3.08. The van der Waals surface area contributed by atoms with E-state index in [1.807, 2.05) is 23.5 Å². The monoisotopic (exact) mass is 288 g/mol. The Labute approximate surface area is 124 Å². The van der Waals surface area contributed by atoms with Crippen molar-refractivity contribution in [2.75, 3.05) is 38.2 Å². The van der Waals surface area contributed by atoms with E-state index in [1.165, 1.54) is 10.6 Å². The molecular formula is C16H20N2OS. The normalized spacial score (nSPS) is 16.4. The zero-order valence-electron chi connectivity index (χ0n) is 11.8. The summed E-state index contributed by atoms with van der Waals surface area (Å²) < 4.78 is 5.21. The molecule has 3 rings (SSSR count). The second kappa shape index (κ2) is 6.29. The minimum absolute atomic E-state index is 0.921. The fraction of sp³-hybridized carbons (Fsp3) is 0.375. The van der Waals surface area contributed by atoms with Gasteiger partial charge in [0.25, 0.3) is 0 Å². The number of anilines is 1. The van der Waals surface area contributed by atoms with Gasteiger partial charge in [-0.15, -0.1) is 11.3 Å². The molecular weight excluding hydrogens is 268 g/mol. The lowest BCUT2D eigenvalue weighted by Gasteiger charge is -2.36. The first-order valence-corrected chi connectivity index (χ1v) is 7.87. The van der Waals surface area contributed by atoms with Crippen molar-refractivity contribution < 1.29 is 4.74 Å². The third kappa shape index (κ3) is 3.14. The second-order valence-corrected chi connectivity index (χ2v) is 6.07. The topological polar surface area (TPSA) is 15.7 Å². The van der Waals surface area contributed by atoms with Crippen LogP contribution in [-0.4, -0.2) is 38.2 Å². The molecule has 3 nitrogen and oxygen atoms in total. The van der Waals surface area contributed by atoms with E-state index in [2.05, 4.69) is 39.4 Å². The van der Waals surface area contributed by atoms with Gasteiger partial charge in [-0.3, -0.25) is 4.90 Å². The lowest BCUT2D eigenvalue weighted by molar-refractivity contribution is 0.252. The highest BCUT2D eigenvalue weighted by Gasteiger charge is 2.17. The van der Waals surface area contributed by atoms with Gasteiger partial charge in [0.2, 0.25) is 0 Å². The molecule has 0 N–H and O–H groups in total. The van der Waals surface area contributed by atoms with E-state index < -0.39 is 0 Å². The number of ether oxygens (including phenoxy) is 1. The molecule has 2 aromatic rings. The van der Waals surface area contributed by atoms with Crippen molar-refractivity contribution in [2.24, 2.45) is 0 Å². The maximum Gasteiger partial charge on any atom is 0.119 e. The molecule has 1 saturated heterocycles. The van der Waals surface area contributed by atoms with Gasteiger partial charge in [-0.2, -0.15) is 0 Å². The summed E-state index contributed by atoms with van der Waals surface area (Å²) in [6.07, 6.45) is 0. The highest BCUT2D eigenvalue weighted by atomic mass is 32.1. The van der Waals surface area contributed by atoms with Crippen LogP contribution in [0.5, 0.6) is 5.75 Å². The average molecular weight is 288 g/mol. The molecule has 1 aliphatic rings. The van der Waals surface area contributed by atoms with E-state index in [4.69, 9.17) is 4.74 Å². The highest BCUT2D eigenvalue weighted by molar-refractivity contribution is 7.09. The molecule has 1 aromatic carbocycles. The van der Waals surface area contributed by atoms with Crippen LogP contribution >= 0.6 is 11.3 Å². The van der Waals surface area contributed by atoms with Gasteiger partial charge in [0.05, 0.1) is 7.11 Å². The number of benzene rings is 1. The molecule has 1 aliphatic heterocycles. The summed E-state index contributed by atoms with van der Waals surface area (Å²) >= 11 is 1.85. The second-order valence-electron chi connectivity index (χ2n) is 5.04. The molecule has 20 heavy (non-hydrogen) atoms. The standard InChI is InChI=1S/C16H20N2OS/c1-19-15-6-4-14(5-7-15)18-10-8-17(9-11-18)13-16-3-2-12-20-16/h2-7,12H,8-11,13H2,1H3. The van der Waals surface area contributed by atoms with Gasteiger partial charge in [-0.25, -0.2) is 0 Å². The van der Waals surface area contributed by atoms with Gasteiger partial charge in [0.15, 0.2) is 0 Å². The Balaban J connectivity index is 1.55. The third-order valence-corrected chi connectivity index (χ3v) is 4.63. The maximum atomic E-state index is 5.21. The maximum absolute atomic E-state index is 5.21. The lowest BCUT2D eigenvalue weighted by atomic mass is 10.2. The van der Waals surface area contributed by atoms with Gasteiger partial charge in [0, 0.05) is 43.3 Å². The number of nitrogens with zero attached hydrogens (tertiary/aromatic N) is 2. The zero-order valence-corrected chi connectivity index (χ0v) is 12.6. The Morgan fingerprint density at radius 1 is 1.05 bits per heavy atom. The van der Waals surface area contributed by atoms with Crippen molar-refractivity contribution in [2.45, 2.75) is 6.54 Å². The Morgan fingerprint density at radius 2 is 1.80 bits per heavy atom. The van der Waals surface area contributed by atoms with Gasteiger partial charge < -0.3 is 9.64 Å². The Morgan fingerprint density at radius 3 is 2.40 bits per heavy atom. The van der Waals surface area contributed by atoms with Crippen molar-refractivity contribution in [1.29, 1.82) is 0 Å². The van der Waals surface area contributed by atoms with Crippen LogP contribution in [0.3, 0.4) is 0 Å². The van der Waals surface area contributed by atoms with Gasteiger partial charge in [-0.1, -0.05) is 6.07 Å². The van der Waals surface area contributed by atoms with Crippen molar-refractivity contribution >= 4 is 17.0 Å². The molecule has 0 atom stereocenters. The van der Waals surface area contributed by atoms with Crippen LogP contribution in [0.25, 0.3) is 0 Å². The number of hydrogen-bond acceptors (Lipinski definition) is 4. The molecule has 0 spiro atoms. The third-order valence-electron chi connectivity index (χ3n) is 3.77. The van der Waals surface area contributed by atoms with E-state index >= 15 is 0 Å². The van der Waals surface area contributed by atoms with Gasteiger partial charge in [0.1, 0.15) is 5.75 Å². The Kier molecular flexibility index (Phi) is 4.23. The quantitative estimate of drug-likeness (QED) is 0.860. The number of piperazine rings is 1. The molecule has 1 fully saturated rings. The van der Waals surface area contributed by atoms with E-state index in [0.29, 0.717) is 0 Å². The first-order chi connectivity index (χ1) is 9.85. The van der Waals surface area contributed by atoms with Crippen LogP contribution in [0.2, 0.25) is 0 Å². The number of hydrogen-bond donors (Lipinski definition) is 0. The van der Waals surface area contributed by atoms with E-state index in [-0.39, 0.29) is 0 Å². The molecule has 0 saturated carbocycles. The van der Waals surface area contributed by atoms with E-state index in [0.717, 1.165) is 38.5 Å². The Hall–Kier alpha value is -1.52. The van der Waals surface area contributed by atoms with E-state index in [1.54, 1.807) is 7.11 Å². The van der Waals surface area contributed by atoms with Crippen LogP contribution < -0.4 is 9.64 Å². The first-order valence-electron chi connectivity index (χ1n) is 6.99. The molecule has 0 radical (unpaired) electrons. The first kappa shape index (κ1) is 13.5. The van der Waals surface area contributed by atoms with Crippen LogP contribution in [0.15, 0.2) is 41.8 Å². The van der Waals surface area contributed by atoms with E-state index in [9.17, 15) is 0 Å². The number of rotatable bonds is 4. The molecule has 4 heteroatoms. The average Bonchev–Trinajstić information content (AvgIpc) is 3.01. The minimum Gasteiger partial charge on any atom is -0.497 e. The summed E-state index contributed by atoms with van der Waals surface area (Å²) in [6.45, 7) is 5.54. The van der Waals surface area contributed by atoms with Crippen molar-refractivity contribution in [1.82, 2.24) is 4.90 Å². The van der Waals surface area contributed by atoms with Gasteiger partial charge >= 0.3 is 0 Å². The fourth-order valence-corrected chi connectivity index (χ4v) is 3.33. The largest absolute Gasteiger partial charge is 0.497 e. The van der Waals surface area contributed by atoms with Gasteiger partial charge in [-0.05, 0) is 35.7 Å². The summed E-state index contributed by atoms with van der Waals surface area (Å²) in [4.78, 5) is 6.44. The predicted molar refractivity (Wildman–Crippen MR) is 84.8 cm³/mol. The molecule has 1 aromatic heterocycles. The molecule has 0 bridgehead atoms. The van der Waals surface area contributed by atoms with Crippen molar-refractivity contribution in [3.63, 3.8) is 0 Å². The molecule has 0 unspecified atom stereocenters. The highest BCUT2D eigenvalue weighted by Crippen LogP contribution is 2.21. The molecule has 106 valence electrons. The summed E-state index contributed by atoms with van der Waals surface area (Å²) in [7, 11) is 1.71. The summed E-state index contributed by atoms with van der Waals surface area (Å²) in [5, 5.41) is 2.16. The minimum atomic E-state index is 0.921. The molecule has 0 aliphatic carbocycles. The summed E-state index contributed by atoms with van der Waals surface area (Å²) in [5.41, 5.74) is 1.29. The number of thiophene rings is 1. The number of methoxy groups -OCH3 is 1. The van der Waals surface area contributed by atoms with Crippen LogP contribution in [0, 0.1) is 0 Å². The Bertz CT molecular complexity index is 516. The molecule has 0 amide bonds.